The Bertz CT molecular complexity index is 1050. The van der Waals surface area contributed by atoms with Crippen LogP contribution in [0.5, 0.6) is 5.75 Å². The number of H-pyrrole nitrogens is 1. The minimum Gasteiger partial charge on any atom is -0.486 e. The second-order valence-electron chi connectivity index (χ2n) is 7.49. The average molecular weight is 363 g/mol. The Labute approximate surface area is 156 Å². The number of benzene rings is 1. The Kier molecular flexibility index (Phi) is 3.60. The van der Waals surface area contributed by atoms with Gasteiger partial charge in [0.1, 0.15) is 17.5 Å². The number of nitrogens with one attached hydrogen (secondary N) is 1. The smallest absolute Gasteiger partial charge is 0.270 e. The third-order valence-electron chi connectivity index (χ3n) is 5.34. The van der Waals surface area contributed by atoms with Crippen molar-refractivity contribution in [1.82, 2.24) is 14.5 Å². The van der Waals surface area contributed by atoms with Crippen molar-refractivity contribution in [3.8, 4) is 5.75 Å². The number of aromatic amines is 1. The topological polar surface area (TPSA) is 67.3 Å². The van der Waals surface area contributed by atoms with E-state index in [2.05, 4.69) is 4.98 Å². The van der Waals surface area contributed by atoms with Gasteiger partial charge in [0.2, 0.25) is 0 Å². The van der Waals surface area contributed by atoms with Crippen molar-refractivity contribution in [3.05, 3.63) is 64.2 Å². The molecule has 138 valence electrons. The van der Waals surface area contributed by atoms with Crippen molar-refractivity contribution >= 4 is 16.8 Å². The summed E-state index contributed by atoms with van der Waals surface area (Å²) in [6.45, 7) is 3.00. The second-order valence-corrected chi connectivity index (χ2v) is 7.49. The summed E-state index contributed by atoms with van der Waals surface area (Å²) >= 11 is 0. The van der Waals surface area contributed by atoms with Crippen LogP contribution in [0.4, 0.5) is 0 Å². The van der Waals surface area contributed by atoms with Crippen LogP contribution in [0.2, 0.25) is 0 Å². The van der Waals surface area contributed by atoms with Crippen molar-refractivity contribution in [3.63, 3.8) is 0 Å². The van der Waals surface area contributed by atoms with E-state index in [9.17, 15) is 9.59 Å². The zero-order chi connectivity index (χ0) is 18.5. The monoisotopic (exact) mass is 363 g/mol. The number of carbonyl (C=O) groups excluding carboxylic acids is 1. The zero-order valence-corrected chi connectivity index (χ0v) is 15.1. The first-order valence-electron chi connectivity index (χ1n) is 9.35. The molecule has 0 radical (unpaired) electrons. The molecule has 0 spiro atoms. The Morgan fingerprint density at radius 2 is 1.93 bits per heavy atom. The molecule has 6 heteroatoms. The number of carbonyl (C=O) groups is 1. The lowest BCUT2D eigenvalue weighted by molar-refractivity contribution is 0.0173. The molecule has 3 heterocycles. The maximum absolute atomic E-state index is 12.6. The molecule has 27 heavy (non-hydrogen) atoms. The number of ether oxygens (including phenoxy) is 1. The van der Waals surface area contributed by atoms with Crippen LogP contribution in [0.1, 0.15) is 35.1 Å². The Morgan fingerprint density at radius 3 is 2.63 bits per heavy atom. The first kappa shape index (κ1) is 16.2. The summed E-state index contributed by atoms with van der Waals surface area (Å²) in [5, 5.41) is 1.03. The molecular weight excluding hydrogens is 342 g/mol. The first-order chi connectivity index (χ1) is 13.1. The first-order valence-corrected chi connectivity index (χ1v) is 9.35. The van der Waals surface area contributed by atoms with Gasteiger partial charge in [-0.25, -0.2) is 0 Å². The highest BCUT2D eigenvalue weighted by atomic mass is 16.5. The fourth-order valence-electron chi connectivity index (χ4n) is 3.78. The predicted octanol–water partition coefficient (Wildman–Crippen LogP) is 2.88. The van der Waals surface area contributed by atoms with Crippen LogP contribution in [0.15, 0.2) is 47.3 Å². The standard InChI is InChI=1S/C21H21N3O3/c1-13-8-16(10-20(25)24(13)15-6-7-15)27-17-11-23(12-17)21(26)19-9-14-4-2-3-5-18(14)22-19/h2-5,8-10,15,17,22H,6-7,11-12H2,1H3. The summed E-state index contributed by atoms with van der Waals surface area (Å²) < 4.78 is 7.77. The number of hydrogen-bond donors (Lipinski definition) is 1. The molecule has 5 rings (SSSR count). The van der Waals surface area contributed by atoms with Crippen LogP contribution in [-0.4, -0.2) is 39.6 Å². The van der Waals surface area contributed by atoms with E-state index in [-0.39, 0.29) is 17.6 Å². The van der Waals surface area contributed by atoms with E-state index in [1.54, 1.807) is 11.0 Å². The number of para-hydroxylation sites is 1. The van der Waals surface area contributed by atoms with Gasteiger partial charge in [0.15, 0.2) is 0 Å². The molecule has 2 fully saturated rings. The fourth-order valence-corrected chi connectivity index (χ4v) is 3.78. The fraction of sp³-hybridized carbons (Fsp3) is 0.333. The number of rotatable bonds is 4. The number of nitrogens with zero attached hydrogens (tertiary/aromatic N) is 2. The van der Waals surface area contributed by atoms with E-state index in [4.69, 9.17) is 4.74 Å². The van der Waals surface area contributed by atoms with Crippen LogP contribution in [0.25, 0.3) is 10.9 Å². The van der Waals surface area contributed by atoms with Gasteiger partial charge < -0.3 is 19.2 Å². The SMILES string of the molecule is Cc1cc(OC2CN(C(=O)c3cc4ccccc4[nH]3)C2)cc(=O)n1C1CC1. The molecule has 1 saturated heterocycles. The van der Waals surface area contributed by atoms with Crippen molar-refractivity contribution in [2.45, 2.75) is 31.9 Å². The maximum atomic E-state index is 12.6. The Morgan fingerprint density at radius 1 is 1.15 bits per heavy atom. The van der Waals surface area contributed by atoms with Gasteiger partial charge in [-0.2, -0.15) is 0 Å². The molecule has 1 aliphatic carbocycles. The minimum atomic E-state index is -0.0751. The van der Waals surface area contributed by atoms with Crippen LogP contribution in [0.3, 0.4) is 0 Å². The molecule has 0 unspecified atom stereocenters. The normalized spacial score (nSPS) is 17.1. The highest BCUT2D eigenvalue weighted by Gasteiger charge is 2.34. The van der Waals surface area contributed by atoms with Gasteiger partial charge >= 0.3 is 0 Å². The summed E-state index contributed by atoms with van der Waals surface area (Å²) in [6, 6.07) is 13.6. The maximum Gasteiger partial charge on any atom is 0.270 e. The average Bonchev–Trinajstić information content (AvgIpc) is 3.33. The summed E-state index contributed by atoms with van der Waals surface area (Å²) in [6.07, 6.45) is 2.08. The van der Waals surface area contributed by atoms with Gasteiger partial charge in [-0.15, -0.1) is 0 Å². The van der Waals surface area contributed by atoms with Crippen LogP contribution < -0.4 is 10.3 Å². The van der Waals surface area contributed by atoms with E-state index >= 15 is 0 Å². The van der Waals surface area contributed by atoms with Crippen molar-refractivity contribution in [2.75, 3.05) is 13.1 Å². The molecule has 1 aliphatic heterocycles. The lowest BCUT2D eigenvalue weighted by atomic mass is 10.1. The van der Waals surface area contributed by atoms with E-state index < -0.39 is 0 Å². The van der Waals surface area contributed by atoms with Crippen molar-refractivity contribution < 1.29 is 9.53 Å². The summed E-state index contributed by atoms with van der Waals surface area (Å²) in [7, 11) is 0. The number of pyridine rings is 1. The van der Waals surface area contributed by atoms with E-state index in [0.717, 1.165) is 29.4 Å². The molecular formula is C21H21N3O3. The lowest BCUT2D eigenvalue weighted by Gasteiger charge is -2.38. The van der Waals surface area contributed by atoms with Gasteiger partial charge in [0, 0.05) is 28.7 Å². The number of amides is 1. The van der Waals surface area contributed by atoms with E-state index in [1.807, 2.05) is 47.9 Å². The molecule has 1 N–H and O–H groups in total. The van der Waals surface area contributed by atoms with E-state index in [1.165, 1.54) is 0 Å². The zero-order valence-electron chi connectivity index (χ0n) is 15.1. The third kappa shape index (κ3) is 2.91. The number of likely N-dealkylation sites (tertiary alicyclic amines) is 1. The molecule has 1 amide bonds. The highest BCUT2D eigenvalue weighted by Crippen LogP contribution is 2.35. The number of hydrogen-bond acceptors (Lipinski definition) is 3. The van der Waals surface area contributed by atoms with Crippen molar-refractivity contribution in [2.24, 2.45) is 0 Å². The lowest BCUT2D eigenvalue weighted by Crippen LogP contribution is -2.56. The number of aryl methyl sites for hydroxylation is 1. The quantitative estimate of drug-likeness (QED) is 0.775. The van der Waals surface area contributed by atoms with Crippen molar-refractivity contribution in [1.29, 1.82) is 0 Å². The minimum absolute atomic E-state index is 0.00201. The van der Waals surface area contributed by atoms with Crippen LogP contribution in [0, 0.1) is 6.92 Å². The Hall–Kier alpha value is -3.02. The molecule has 1 saturated carbocycles. The molecule has 2 aliphatic rings. The molecule has 2 aromatic heterocycles. The molecule has 6 nitrogen and oxygen atoms in total. The van der Waals surface area contributed by atoms with Gasteiger partial charge in [-0.1, -0.05) is 18.2 Å². The van der Waals surface area contributed by atoms with Gasteiger partial charge in [0.05, 0.1) is 13.1 Å². The Balaban J connectivity index is 1.24. The van der Waals surface area contributed by atoms with Gasteiger partial charge in [-0.3, -0.25) is 9.59 Å². The third-order valence-corrected chi connectivity index (χ3v) is 5.34. The van der Waals surface area contributed by atoms with E-state index in [0.29, 0.717) is 30.6 Å². The molecule has 1 aromatic carbocycles. The van der Waals surface area contributed by atoms with Gasteiger partial charge in [0.25, 0.3) is 11.5 Å². The molecule has 0 atom stereocenters. The number of fused-ring (bicyclic) bond motifs is 1. The summed E-state index contributed by atoms with van der Waals surface area (Å²) in [5.41, 5.74) is 2.49. The predicted molar refractivity (Wildman–Crippen MR) is 102 cm³/mol. The summed E-state index contributed by atoms with van der Waals surface area (Å²) in [4.78, 5) is 29.8. The largest absolute Gasteiger partial charge is 0.486 e. The molecule has 3 aromatic rings. The highest BCUT2D eigenvalue weighted by molar-refractivity contribution is 5.98. The molecule has 0 bridgehead atoms. The van der Waals surface area contributed by atoms with Crippen LogP contribution >= 0.6 is 0 Å². The van der Waals surface area contributed by atoms with Crippen LogP contribution in [-0.2, 0) is 0 Å². The summed E-state index contributed by atoms with van der Waals surface area (Å²) in [5.74, 6) is 0.573. The second kappa shape index (κ2) is 6.01. The van der Waals surface area contributed by atoms with Gasteiger partial charge in [-0.05, 0) is 38.0 Å². The number of aromatic nitrogens is 2.